The first kappa shape index (κ1) is 11.8. The van der Waals surface area contributed by atoms with Gasteiger partial charge in [-0.05, 0) is 30.4 Å². The van der Waals surface area contributed by atoms with Crippen molar-refractivity contribution in [2.24, 2.45) is 0 Å². The predicted octanol–water partition coefficient (Wildman–Crippen LogP) is 3.49. The van der Waals surface area contributed by atoms with Gasteiger partial charge < -0.3 is 9.05 Å². The standard InChI is InChI=1S/C9H13O3PS/c1-8-5-4-6-9(7-8)14-13(10,11-2)12-3/h4-7H,1-3H3. The average Bonchev–Trinajstić information content (AvgIpc) is 2.18. The lowest BCUT2D eigenvalue weighted by Gasteiger charge is -2.12. The van der Waals surface area contributed by atoms with Gasteiger partial charge in [-0.3, -0.25) is 0 Å². The highest BCUT2D eigenvalue weighted by molar-refractivity contribution is 8.55. The van der Waals surface area contributed by atoms with E-state index in [2.05, 4.69) is 0 Å². The molecule has 0 spiro atoms. The Kier molecular flexibility index (Phi) is 4.20. The van der Waals surface area contributed by atoms with Crippen LogP contribution in [0.4, 0.5) is 0 Å². The van der Waals surface area contributed by atoms with E-state index in [-0.39, 0.29) is 0 Å². The van der Waals surface area contributed by atoms with Crippen molar-refractivity contribution < 1.29 is 13.6 Å². The second-order valence-electron chi connectivity index (χ2n) is 2.72. The Labute approximate surface area is 88.1 Å². The van der Waals surface area contributed by atoms with E-state index in [1.807, 2.05) is 31.2 Å². The Hall–Kier alpha value is -0.280. The lowest BCUT2D eigenvalue weighted by atomic mass is 10.2. The summed E-state index contributed by atoms with van der Waals surface area (Å²) in [7, 11) is 2.76. The first-order chi connectivity index (χ1) is 6.59. The third kappa shape index (κ3) is 3.14. The van der Waals surface area contributed by atoms with Crippen molar-refractivity contribution in [3.8, 4) is 0 Å². The van der Waals surface area contributed by atoms with Crippen molar-refractivity contribution >= 4 is 18.2 Å². The van der Waals surface area contributed by atoms with E-state index < -0.39 is 6.80 Å². The molecule has 14 heavy (non-hydrogen) atoms. The van der Waals surface area contributed by atoms with Crippen molar-refractivity contribution in [1.29, 1.82) is 0 Å². The minimum Gasteiger partial charge on any atom is -0.304 e. The number of hydrogen-bond acceptors (Lipinski definition) is 4. The quantitative estimate of drug-likeness (QED) is 0.744. The second-order valence-corrected chi connectivity index (χ2v) is 6.89. The van der Waals surface area contributed by atoms with Gasteiger partial charge in [-0.1, -0.05) is 17.7 Å². The lowest BCUT2D eigenvalue weighted by molar-refractivity contribution is 0.295. The Bertz CT molecular complexity index is 346. The molecule has 0 heterocycles. The van der Waals surface area contributed by atoms with Crippen LogP contribution in [0.25, 0.3) is 0 Å². The summed E-state index contributed by atoms with van der Waals surface area (Å²) < 4.78 is 21.4. The van der Waals surface area contributed by atoms with Gasteiger partial charge in [0, 0.05) is 19.1 Å². The summed E-state index contributed by atoms with van der Waals surface area (Å²) >= 11 is 1.12. The van der Waals surface area contributed by atoms with E-state index in [0.29, 0.717) is 0 Å². The SMILES string of the molecule is COP(=O)(OC)Sc1cccc(C)c1. The first-order valence-corrected chi connectivity index (χ1v) is 7.04. The normalized spacial score (nSPS) is 11.6. The molecule has 1 aromatic rings. The highest BCUT2D eigenvalue weighted by Gasteiger charge is 2.22. The maximum absolute atomic E-state index is 11.7. The summed E-state index contributed by atoms with van der Waals surface area (Å²) in [5, 5.41) is 0. The van der Waals surface area contributed by atoms with Crippen molar-refractivity contribution in [3.63, 3.8) is 0 Å². The molecule has 3 nitrogen and oxygen atoms in total. The zero-order chi connectivity index (χ0) is 10.6. The van der Waals surface area contributed by atoms with Gasteiger partial charge in [-0.2, -0.15) is 0 Å². The molecule has 0 N–H and O–H groups in total. The van der Waals surface area contributed by atoms with Crippen molar-refractivity contribution in [3.05, 3.63) is 29.8 Å². The average molecular weight is 232 g/mol. The summed E-state index contributed by atoms with van der Waals surface area (Å²) in [5.41, 5.74) is 1.12. The smallest absolute Gasteiger partial charge is 0.304 e. The van der Waals surface area contributed by atoms with Crippen LogP contribution in [0.2, 0.25) is 0 Å². The summed E-state index contributed by atoms with van der Waals surface area (Å²) in [5.74, 6) is 0. The fourth-order valence-electron chi connectivity index (χ4n) is 0.950. The van der Waals surface area contributed by atoms with Gasteiger partial charge in [0.05, 0.1) is 0 Å². The molecule has 0 saturated carbocycles. The van der Waals surface area contributed by atoms with E-state index in [9.17, 15) is 4.57 Å². The maximum Gasteiger partial charge on any atom is 0.393 e. The third-order valence-corrected chi connectivity index (χ3v) is 5.43. The summed E-state index contributed by atoms with van der Waals surface area (Å²) in [6, 6.07) is 7.71. The minimum absolute atomic E-state index is 0.886. The number of rotatable bonds is 4. The monoisotopic (exact) mass is 232 g/mol. The van der Waals surface area contributed by atoms with Crippen molar-refractivity contribution in [2.75, 3.05) is 14.2 Å². The lowest BCUT2D eigenvalue weighted by Crippen LogP contribution is -1.83. The van der Waals surface area contributed by atoms with Crippen molar-refractivity contribution in [2.45, 2.75) is 11.8 Å². The van der Waals surface area contributed by atoms with Crippen LogP contribution >= 0.6 is 18.2 Å². The molecule has 1 aromatic carbocycles. The second kappa shape index (κ2) is 4.99. The van der Waals surface area contributed by atoms with E-state index >= 15 is 0 Å². The van der Waals surface area contributed by atoms with Gasteiger partial charge >= 0.3 is 6.80 Å². The molecule has 0 aliphatic carbocycles. The maximum atomic E-state index is 11.7. The Morgan fingerprint density at radius 3 is 2.43 bits per heavy atom. The molecule has 0 unspecified atom stereocenters. The molecular weight excluding hydrogens is 219 g/mol. The molecule has 0 aliphatic rings. The fraction of sp³-hybridized carbons (Fsp3) is 0.333. The molecule has 0 saturated heterocycles. The minimum atomic E-state index is -3.01. The molecule has 5 heteroatoms. The van der Waals surface area contributed by atoms with Gasteiger partial charge in [-0.15, -0.1) is 0 Å². The van der Waals surface area contributed by atoms with Crippen LogP contribution in [0.5, 0.6) is 0 Å². The van der Waals surface area contributed by atoms with Crippen LogP contribution in [-0.4, -0.2) is 14.2 Å². The van der Waals surface area contributed by atoms with Crippen molar-refractivity contribution in [1.82, 2.24) is 0 Å². The molecular formula is C9H13O3PS. The third-order valence-electron chi connectivity index (χ3n) is 1.65. The molecule has 0 bridgehead atoms. The molecule has 0 amide bonds. The highest BCUT2D eigenvalue weighted by Crippen LogP contribution is 2.62. The van der Waals surface area contributed by atoms with Crippen LogP contribution in [0.15, 0.2) is 29.2 Å². The van der Waals surface area contributed by atoms with Gasteiger partial charge in [0.15, 0.2) is 0 Å². The summed E-state index contributed by atoms with van der Waals surface area (Å²) in [4.78, 5) is 0.886. The van der Waals surface area contributed by atoms with Gasteiger partial charge in [0.2, 0.25) is 0 Å². The molecule has 0 atom stereocenters. The van der Waals surface area contributed by atoms with E-state index in [1.54, 1.807) is 0 Å². The zero-order valence-corrected chi connectivity index (χ0v) is 10.1. The van der Waals surface area contributed by atoms with Gasteiger partial charge in [0.25, 0.3) is 0 Å². The first-order valence-electron chi connectivity index (χ1n) is 4.07. The number of aryl methyl sites for hydroxylation is 1. The van der Waals surface area contributed by atoms with E-state index in [0.717, 1.165) is 21.8 Å². The molecule has 1 rings (SSSR count). The van der Waals surface area contributed by atoms with E-state index in [1.165, 1.54) is 14.2 Å². The topological polar surface area (TPSA) is 35.5 Å². The molecule has 0 aromatic heterocycles. The number of hydrogen-bond donors (Lipinski definition) is 0. The zero-order valence-electron chi connectivity index (χ0n) is 8.39. The Balaban J connectivity index is 2.83. The Morgan fingerprint density at radius 2 is 1.93 bits per heavy atom. The molecule has 78 valence electrons. The van der Waals surface area contributed by atoms with E-state index in [4.69, 9.17) is 9.05 Å². The van der Waals surface area contributed by atoms with Crippen LogP contribution < -0.4 is 0 Å². The summed E-state index contributed by atoms with van der Waals surface area (Å²) in [6.07, 6.45) is 0. The molecule has 0 radical (unpaired) electrons. The Morgan fingerprint density at radius 1 is 1.29 bits per heavy atom. The summed E-state index contributed by atoms with van der Waals surface area (Å²) in [6.45, 7) is -1.03. The van der Waals surface area contributed by atoms with Gasteiger partial charge in [0.1, 0.15) is 0 Å². The van der Waals surface area contributed by atoms with Gasteiger partial charge in [-0.25, -0.2) is 4.57 Å². The highest BCUT2D eigenvalue weighted by atomic mass is 32.7. The predicted molar refractivity (Wildman–Crippen MR) is 58.7 cm³/mol. The van der Waals surface area contributed by atoms with Crippen LogP contribution in [0, 0.1) is 6.92 Å². The number of benzene rings is 1. The fourth-order valence-corrected chi connectivity index (χ4v) is 3.45. The van der Waals surface area contributed by atoms with Crippen LogP contribution in [0.3, 0.4) is 0 Å². The molecule has 0 aliphatic heterocycles. The van der Waals surface area contributed by atoms with Crippen LogP contribution in [-0.2, 0) is 13.6 Å². The molecule has 0 fully saturated rings. The van der Waals surface area contributed by atoms with Crippen LogP contribution in [0.1, 0.15) is 5.56 Å². The largest absolute Gasteiger partial charge is 0.393 e.